The first-order valence-electron chi connectivity index (χ1n) is 6.82. The molecule has 2 aromatic rings. The molecule has 1 saturated heterocycles. The molecule has 20 heavy (non-hydrogen) atoms. The van der Waals surface area contributed by atoms with Crippen molar-refractivity contribution in [3.8, 4) is 0 Å². The smallest absolute Gasteiger partial charge is 0.137 e. The highest BCUT2D eigenvalue weighted by molar-refractivity contribution is 6.31. The second-order valence-corrected chi connectivity index (χ2v) is 5.55. The Bertz CT molecular complexity index is 624. The zero-order valence-corrected chi connectivity index (χ0v) is 12.3. The highest BCUT2D eigenvalue weighted by atomic mass is 35.5. The van der Waals surface area contributed by atoms with Gasteiger partial charge in [-0.2, -0.15) is 0 Å². The molecule has 1 aromatic heterocycles. The summed E-state index contributed by atoms with van der Waals surface area (Å²) in [6.07, 6.45) is 0. The number of aromatic nitrogens is 1. The van der Waals surface area contributed by atoms with Crippen LogP contribution >= 0.6 is 11.6 Å². The van der Waals surface area contributed by atoms with Gasteiger partial charge in [-0.3, -0.25) is 0 Å². The maximum absolute atomic E-state index is 9.68. The molecular weight excluding hydrogens is 274 g/mol. The van der Waals surface area contributed by atoms with Crippen molar-refractivity contribution in [2.24, 2.45) is 0 Å². The number of likely N-dealkylation sites (N-methyl/N-ethyl adjacent to an activating group) is 1. The van der Waals surface area contributed by atoms with Gasteiger partial charge in [0, 0.05) is 37.1 Å². The molecule has 1 aromatic carbocycles. The van der Waals surface area contributed by atoms with E-state index in [9.17, 15) is 5.11 Å². The number of hydrogen-bond donors (Lipinski definition) is 1. The lowest BCUT2D eigenvalue weighted by Gasteiger charge is -2.35. The van der Waals surface area contributed by atoms with Crippen LogP contribution in [-0.4, -0.2) is 48.2 Å². The fourth-order valence-electron chi connectivity index (χ4n) is 2.74. The summed E-state index contributed by atoms with van der Waals surface area (Å²) >= 11 is 6.25. The minimum absolute atomic E-state index is 0.0850. The van der Waals surface area contributed by atoms with Crippen LogP contribution in [0.4, 0.5) is 5.69 Å². The van der Waals surface area contributed by atoms with E-state index >= 15 is 0 Å². The second-order valence-electron chi connectivity index (χ2n) is 5.20. The number of hydrogen-bond acceptors (Lipinski definition) is 4. The zero-order valence-electron chi connectivity index (χ0n) is 11.5. The SMILES string of the molecule is CN1CCN(c2c(CO)c(Cl)nc3ccccc23)CC1. The van der Waals surface area contributed by atoms with Gasteiger partial charge in [0.05, 0.1) is 17.8 Å². The molecule has 0 amide bonds. The van der Waals surface area contributed by atoms with Gasteiger partial charge in [0.2, 0.25) is 0 Å². The van der Waals surface area contributed by atoms with Crippen LogP contribution in [0.3, 0.4) is 0 Å². The van der Waals surface area contributed by atoms with Crippen molar-refractivity contribution in [1.82, 2.24) is 9.88 Å². The molecule has 1 aliphatic rings. The number of para-hydroxylation sites is 1. The highest BCUT2D eigenvalue weighted by Gasteiger charge is 2.21. The van der Waals surface area contributed by atoms with Gasteiger partial charge in [-0.25, -0.2) is 4.98 Å². The molecule has 5 heteroatoms. The van der Waals surface area contributed by atoms with Crippen molar-refractivity contribution in [2.45, 2.75) is 6.61 Å². The van der Waals surface area contributed by atoms with Crippen molar-refractivity contribution in [1.29, 1.82) is 0 Å². The summed E-state index contributed by atoms with van der Waals surface area (Å²) in [5.74, 6) is 0. The molecule has 0 radical (unpaired) electrons. The van der Waals surface area contributed by atoms with Crippen molar-refractivity contribution >= 4 is 28.2 Å². The van der Waals surface area contributed by atoms with Gasteiger partial charge in [-0.15, -0.1) is 0 Å². The number of halogens is 1. The Morgan fingerprint density at radius 2 is 1.90 bits per heavy atom. The predicted octanol–water partition coefficient (Wildman–Crippen LogP) is 2.13. The van der Waals surface area contributed by atoms with E-state index in [2.05, 4.69) is 21.8 Å². The molecule has 1 aliphatic heterocycles. The average molecular weight is 292 g/mol. The molecule has 106 valence electrons. The summed E-state index contributed by atoms with van der Waals surface area (Å²) in [5.41, 5.74) is 2.65. The molecule has 3 rings (SSSR count). The summed E-state index contributed by atoms with van der Waals surface area (Å²) in [6.45, 7) is 3.82. The topological polar surface area (TPSA) is 39.6 Å². The van der Waals surface area contributed by atoms with Gasteiger partial charge in [-0.1, -0.05) is 29.8 Å². The molecule has 1 fully saturated rings. The van der Waals surface area contributed by atoms with E-state index in [1.807, 2.05) is 24.3 Å². The van der Waals surface area contributed by atoms with Crippen molar-refractivity contribution < 1.29 is 5.11 Å². The standard InChI is InChI=1S/C15H18ClN3O/c1-18-6-8-19(9-7-18)14-11-4-2-3-5-13(11)17-15(16)12(14)10-20/h2-5,20H,6-10H2,1H3. The highest BCUT2D eigenvalue weighted by Crippen LogP contribution is 2.34. The van der Waals surface area contributed by atoms with Crippen molar-refractivity contribution in [3.63, 3.8) is 0 Å². The predicted molar refractivity (Wildman–Crippen MR) is 82.4 cm³/mol. The number of piperazine rings is 1. The van der Waals surface area contributed by atoms with Crippen LogP contribution in [0.2, 0.25) is 5.15 Å². The number of benzene rings is 1. The quantitative estimate of drug-likeness (QED) is 0.861. The van der Waals surface area contributed by atoms with Gasteiger partial charge in [0.1, 0.15) is 5.15 Å². The Morgan fingerprint density at radius 3 is 2.60 bits per heavy atom. The molecule has 0 aliphatic carbocycles. The number of rotatable bonds is 2. The largest absolute Gasteiger partial charge is 0.391 e. The van der Waals surface area contributed by atoms with Crippen molar-refractivity contribution in [3.05, 3.63) is 35.0 Å². The molecular formula is C15H18ClN3O. The third kappa shape index (κ3) is 2.35. The van der Waals surface area contributed by atoms with E-state index in [1.54, 1.807) is 0 Å². The fraction of sp³-hybridized carbons (Fsp3) is 0.400. The molecule has 0 bridgehead atoms. The van der Waals surface area contributed by atoms with E-state index in [-0.39, 0.29) is 6.61 Å². The first kappa shape index (κ1) is 13.6. The first-order chi connectivity index (χ1) is 9.70. The monoisotopic (exact) mass is 291 g/mol. The van der Waals surface area contributed by atoms with E-state index in [4.69, 9.17) is 11.6 Å². The van der Waals surface area contributed by atoms with Gasteiger partial charge >= 0.3 is 0 Å². The zero-order chi connectivity index (χ0) is 14.1. The Hall–Kier alpha value is -1.36. The van der Waals surface area contributed by atoms with Gasteiger partial charge in [0.25, 0.3) is 0 Å². The molecule has 4 nitrogen and oxygen atoms in total. The van der Waals surface area contributed by atoms with E-state index in [0.29, 0.717) is 5.15 Å². The Morgan fingerprint density at radius 1 is 1.20 bits per heavy atom. The molecule has 1 N–H and O–H groups in total. The number of nitrogens with zero attached hydrogens (tertiary/aromatic N) is 3. The average Bonchev–Trinajstić information content (AvgIpc) is 2.47. The van der Waals surface area contributed by atoms with Crippen LogP contribution < -0.4 is 4.90 Å². The second kappa shape index (κ2) is 5.56. The van der Waals surface area contributed by atoms with Crippen LogP contribution in [0.25, 0.3) is 10.9 Å². The number of aliphatic hydroxyl groups excluding tert-OH is 1. The number of pyridine rings is 1. The number of fused-ring (bicyclic) bond motifs is 1. The Kier molecular flexibility index (Phi) is 3.78. The van der Waals surface area contributed by atoms with Gasteiger partial charge < -0.3 is 14.9 Å². The van der Waals surface area contributed by atoms with E-state index < -0.39 is 0 Å². The lowest BCUT2D eigenvalue weighted by atomic mass is 10.1. The molecule has 0 atom stereocenters. The molecule has 0 saturated carbocycles. The third-order valence-electron chi connectivity index (χ3n) is 3.89. The maximum Gasteiger partial charge on any atom is 0.137 e. The number of aliphatic hydroxyl groups is 1. The lowest BCUT2D eigenvalue weighted by molar-refractivity contribution is 0.280. The normalized spacial score (nSPS) is 16.9. The summed E-state index contributed by atoms with van der Waals surface area (Å²) in [7, 11) is 2.13. The maximum atomic E-state index is 9.68. The first-order valence-corrected chi connectivity index (χ1v) is 7.20. The van der Waals surface area contributed by atoms with Crippen LogP contribution in [0, 0.1) is 0 Å². The Labute approximate surface area is 123 Å². The summed E-state index contributed by atoms with van der Waals surface area (Å²) in [5, 5.41) is 11.1. The summed E-state index contributed by atoms with van der Waals surface area (Å²) in [6, 6.07) is 7.96. The van der Waals surface area contributed by atoms with Crippen LogP contribution in [0.5, 0.6) is 0 Å². The third-order valence-corrected chi connectivity index (χ3v) is 4.20. The van der Waals surface area contributed by atoms with Crippen LogP contribution in [0.1, 0.15) is 5.56 Å². The fourth-order valence-corrected chi connectivity index (χ4v) is 2.98. The van der Waals surface area contributed by atoms with Gasteiger partial charge in [-0.05, 0) is 13.1 Å². The molecule has 0 unspecified atom stereocenters. The minimum Gasteiger partial charge on any atom is -0.391 e. The van der Waals surface area contributed by atoms with Crippen molar-refractivity contribution in [2.75, 3.05) is 38.1 Å². The summed E-state index contributed by atoms with van der Waals surface area (Å²) in [4.78, 5) is 9.00. The Balaban J connectivity index is 2.15. The van der Waals surface area contributed by atoms with E-state index in [0.717, 1.165) is 48.3 Å². The molecule has 2 heterocycles. The van der Waals surface area contributed by atoms with E-state index in [1.165, 1.54) is 0 Å². The molecule has 0 spiro atoms. The van der Waals surface area contributed by atoms with Crippen LogP contribution in [0.15, 0.2) is 24.3 Å². The lowest BCUT2D eigenvalue weighted by Crippen LogP contribution is -2.45. The van der Waals surface area contributed by atoms with Crippen LogP contribution in [-0.2, 0) is 6.61 Å². The minimum atomic E-state index is -0.0850. The summed E-state index contributed by atoms with van der Waals surface area (Å²) < 4.78 is 0. The van der Waals surface area contributed by atoms with Gasteiger partial charge in [0.15, 0.2) is 0 Å². The number of anilines is 1.